The van der Waals surface area contributed by atoms with Crippen molar-refractivity contribution >= 4 is 44.9 Å². The SMILES string of the molecule is CN1CC(Nc2cnn(C)c(=O)c2Br)CC(c2ccc(CN3CCN(c4cccc(N5CCC(=O)NC5=O)c4)CC3)cc2)C1. The number of aromatic nitrogens is 2. The van der Waals surface area contributed by atoms with Gasteiger partial charge in [-0.15, -0.1) is 0 Å². The van der Waals surface area contributed by atoms with Gasteiger partial charge in [-0.2, -0.15) is 5.10 Å². The molecule has 3 aromatic rings. The monoisotopic (exact) mass is 662 g/mol. The highest BCUT2D eigenvalue weighted by Gasteiger charge is 2.28. The van der Waals surface area contributed by atoms with E-state index in [2.05, 4.69) is 83.7 Å². The highest BCUT2D eigenvalue weighted by molar-refractivity contribution is 9.10. The van der Waals surface area contributed by atoms with Gasteiger partial charge in [0.2, 0.25) is 5.91 Å². The molecule has 44 heavy (non-hydrogen) atoms. The number of aryl methyl sites for hydroxylation is 1. The van der Waals surface area contributed by atoms with Crippen LogP contribution in [0.2, 0.25) is 0 Å². The number of urea groups is 1. The molecular formula is C32H39BrN8O3. The second-order valence-corrected chi connectivity index (χ2v) is 12.9. The maximum atomic E-state index is 12.3. The molecule has 2 N–H and O–H groups in total. The number of hydrogen-bond donors (Lipinski definition) is 2. The first kappa shape index (κ1) is 30.3. The van der Waals surface area contributed by atoms with E-state index >= 15 is 0 Å². The number of halogens is 1. The van der Waals surface area contributed by atoms with Gasteiger partial charge in [0.15, 0.2) is 0 Å². The van der Waals surface area contributed by atoms with Crippen molar-refractivity contribution in [2.24, 2.45) is 7.05 Å². The lowest BCUT2D eigenvalue weighted by Gasteiger charge is -2.37. The number of piperazine rings is 1. The van der Waals surface area contributed by atoms with Crippen LogP contribution in [0.5, 0.6) is 0 Å². The molecule has 3 aliphatic heterocycles. The summed E-state index contributed by atoms with van der Waals surface area (Å²) < 4.78 is 1.85. The Bertz CT molecular complexity index is 1570. The predicted octanol–water partition coefficient (Wildman–Crippen LogP) is 3.21. The molecule has 4 heterocycles. The normalized spacial score (nSPS) is 21.8. The van der Waals surface area contributed by atoms with Gasteiger partial charge in [0.05, 0.1) is 11.9 Å². The molecule has 3 aliphatic rings. The molecule has 6 rings (SSSR count). The molecule has 1 aromatic heterocycles. The third-order valence-electron chi connectivity index (χ3n) is 8.86. The van der Waals surface area contributed by atoms with Gasteiger partial charge in [0.25, 0.3) is 5.56 Å². The molecule has 3 fully saturated rings. The average molecular weight is 664 g/mol. The summed E-state index contributed by atoms with van der Waals surface area (Å²) >= 11 is 3.44. The van der Waals surface area contributed by atoms with Crippen molar-refractivity contribution < 1.29 is 9.59 Å². The zero-order chi connectivity index (χ0) is 30.8. The van der Waals surface area contributed by atoms with Crippen LogP contribution in [0.1, 0.15) is 29.9 Å². The van der Waals surface area contributed by atoms with Gasteiger partial charge < -0.3 is 15.1 Å². The van der Waals surface area contributed by atoms with Crippen LogP contribution in [0.4, 0.5) is 21.9 Å². The zero-order valence-electron chi connectivity index (χ0n) is 25.2. The lowest BCUT2D eigenvalue weighted by molar-refractivity contribution is -0.120. The summed E-state index contributed by atoms with van der Waals surface area (Å²) in [5.41, 5.74) is 5.15. The Morgan fingerprint density at radius 2 is 1.70 bits per heavy atom. The van der Waals surface area contributed by atoms with E-state index in [1.54, 1.807) is 18.1 Å². The third kappa shape index (κ3) is 6.82. The number of likely N-dealkylation sites (tertiary alicyclic amines) is 1. The molecular weight excluding hydrogens is 624 g/mol. The van der Waals surface area contributed by atoms with Crippen molar-refractivity contribution in [2.75, 3.05) is 68.0 Å². The number of piperidine rings is 1. The van der Waals surface area contributed by atoms with Crippen molar-refractivity contribution in [3.05, 3.63) is 80.7 Å². The summed E-state index contributed by atoms with van der Waals surface area (Å²) in [5, 5.41) is 10.1. The van der Waals surface area contributed by atoms with E-state index < -0.39 is 0 Å². The molecule has 2 atom stereocenters. The van der Waals surface area contributed by atoms with E-state index in [0.717, 1.165) is 69.3 Å². The Balaban J connectivity index is 1.02. The highest BCUT2D eigenvalue weighted by atomic mass is 79.9. The predicted molar refractivity (Wildman–Crippen MR) is 175 cm³/mol. The number of likely N-dealkylation sites (N-methyl/N-ethyl adjacent to an activating group) is 1. The van der Waals surface area contributed by atoms with Gasteiger partial charge in [-0.05, 0) is 64.6 Å². The van der Waals surface area contributed by atoms with Crippen molar-refractivity contribution in [1.82, 2.24) is 24.9 Å². The van der Waals surface area contributed by atoms with Crippen molar-refractivity contribution in [3.8, 4) is 0 Å². The minimum atomic E-state index is -0.354. The second-order valence-electron chi connectivity index (χ2n) is 12.1. The van der Waals surface area contributed by atoms with Crippen LogP contribution in [-0.2, 0) is 18.4 Å². The minimum absolute atomic E-state index is 0.148. The fraction of sp³-hybridized carbons (Fsp3) is 0.438. The van der Waals surface area contributed by atoms with E-state index in [-0.39, 0.29) is 23.5 Å². The number of benzene rings is 2. The number of imide groups is 1. The molecule has 2 aromatic carbocycles. The van der Waals surface area contributed by atoms with E-state index in [1.807, 2.05) is 18.2 Å². The van der Waals surface area contributed by atoms with Crippen LogP contribution in [0, 0.1) is 0 Å². The summed E-state index contributed by atoms with van der Waals surface area (Å²) in [6.45, 7) is 6.95. The van der Waals surface area contributed by atoms with Crippen LogP contribution in [0.15, 0.2) is 64.0 Å². The molecule has 0 bridgehead atoms. The van der Waals surface area contributed by atoms with E-state index in [0.29, 0.717) is 23.4 Å². The summed E-state index contributed by atoms with van der Waals surface area (Å²) in [5.74, 6) is 0.176. The largest absolute Gasteiger partial charge is 0.379 e. The molecule has 3 saturated heterocycles. The molecule has 3 amide bonds. The Morgan fingerprint density at radius 1 is 0.955 bits per heavy atom. The summed E-state index contributed by atoms with van der Waals surface area (Å²) in [4.78, 5) is 45.0. The van der Waals surface area contributed by atoms with Crippen molar-refractivity contribution in [2.45, 2.75) is 31.3 Å². The van der Waals surface area contributed by atoms with E-state index in [9.17, 15) is 14.4 Å². The molecule has 232 valence electrons. The zero-order valence-corrected chi connectivity index (χ0v) is 26.8. The van der Waals surface area contributed by atoms with Crippen LogP contribution in [0.25, 0.3) is 0 Å². The van der Waals surface area contributed by atoms with Crippen molar-refractivity contribution in [3.63, 3.8) is 0 Å². The Kier molecular flexibility index (Phi) is 9.01. The smallest absolute Gasteiger partial charge is 0.328 e. The van der Waals surface area contributed by atoms with Crippen molar-refractivity contribution in [1.29, 1.82) is 0 Å². The van der Waals surface area contributed by atoms with Crippen LogP contribution in [-0.4, -0.2) is 90.4 Å². The number of nitrogens with zero attached hydrogens (tertiary/aromatic N) is 6. The minimum Gasteiger partial charge on any atom is -0.379 e. The van der Waals surface area contributed by atoms with Gasteiger partial charge >= 0.3 is 6.03 Å². The average Bonchev–Trinajstić information content (AvgIpc) is 3.02. The number of nitrogens with one attached hydrogen (secondary N) is 2. The Morgan fingerprint density at radius 3 is 2.45 bits per heavy atom. The maximum Gasteiger partial charge on any atom is 0.328 e. The molecule has 0 spiro atoms. The Labute approximate surface area is 265 Å². The van der Waals surface area contributed by atoms with Gasteiger partial charge in [-0.3, -0.25) is 24.7 Å². The molecule has 0 radical (unpaired) electrons. The van der Waals surface area contributed by atoms with E-state index in [4.69, 9.17) is 0 Å². The molecule has 0 aliphatic carbocycles. The molecule has 2 unspecified atom stereocenters. The lowest BCUT2D eigenvalue weighted by atomic mass is 9.87. The van der Waals surface area contributed by atoms with Gasteiger partial charge in [-0.25, -0.2) is 9.48 Å². The third-order valence-corrected chi connectivity index (χ3v) is 9.63. The first-order valence-electron chi connectivity index (χ1n) is 15.2. The van der Waals surface area contributed by atoms with Gasteiger partial charge in [0, 0.05) is 83.2 Å². The highest BCUT2D eigenvalue weighted by Crippen LogP contribution is 2.30. The van der Waals surface area contributed by atoms with Gasteiger partial charge in [-0.1, -0.05) is 30.3 Å². The number of hydrogen-bond acceptors (Lipinski definition) is 8. The maximum absolute atomic E-state index is 12.3. The lowest BCUT2D eigenvalue weighted by Crippen LogP contribution is -2.49. The van der Waals surface area contributed by atoms with Crippen LogP contribution >= 0.6 is 15.9 Å². The first-order valence-corrected chi connectivity index (χ1v) is 16.0. The number of amides is 3. The quantitative estimate of drug-likeness (QED) is 0.398. The molecule has 12 heteroatoms. The number of carbonyl (C=O) groups excluding carboxylic acids is 2. The first-order chi connectivity index (χ1) is 21.2. The molecule has 11 nitrogen and oxygen atoms in total. The topological polar surface area (TPSA) is 106 Å². The standard InChI is InChI=1S/C32H39BrN8O3/c1-37-20-24(16-25(21-37)35-28-18-34-38(2)31(43)30(28)33)23-8-6-22(7-9-23)19-39-12-14-40(15-13-39)26-4-3-5-27(17-26)41-11-10-29(42)36-32(41)44/h3-9,17-18,24-25,35H,10-16,19-21H2,1-2H3,(H,36,42,44). The summed E-state index contributed by atoms with van der Waals surface area (Å²) in [6, 6.07) is 17.0. The second kappa shape index (κ2) is 13.1. The summed E-state index contributed by atoms with van der Waals surface area (Å²) in [7, 11) is 3.80. The van der Waals surface area contributed by atoms with Gasteiger partial charge in [0.1, 0.15) is 4.47 Å². The van der Waals surface area contributed by atoms with Crippen LogP contribution < -0.4 is 26.0 Å². The van der Waals surface area contributed by atoms with E-state index in [1.165, 1.54) is 15.8 Å². The number of anilines is 3. The van der Waals surface area contributed by atoms with Crippen LogP contribution in [0.3, 0.4) is 0 Å². The fourth-order valence-electron chi connectivity index (χ4n) is 6.48. The number of carbonyl (C=O) groups is 2. The fourth-order valence-corrected chi connectivity index (χ4v) is 6.96. The summed E-state index contributed by atoms with van der Waals surface area (Å²) in [6.07, 6.45) is 3.01. The Hall–Kier alpha value is -3.74. The molecule has 0 saturated carbocycles. The number of rotatable bonds is 7.